The van der Waals surface area contributed by atoms with Crippen LogP contribution in [0, 0.1) is 5.92 Å². The molecule has 2 saturated heterocycles. The molecule has 6 nitrogen and oxygen atoms in total. The van der Waals surface area contributed by atoms with Crippen LogP contribution in [0.3, 0.4) is 0 Å². The van der Waals surface area contributed by atoms with Gasteiger partial charge in [-0.05, 0) is 31.4 Å². The van der Waals surface area contributed by atoms with Gasteiger partial charge in [0, 0.05) is 19.3 Å². The fourth-order valence-electron chi connectivity index (χ4n) is 3.14. The molecule has 1 aromatic heterocycles. The monoisotopic (exact) mass is 309 g/mol. The summed E-state index contributed by atoms with van der Waals surface area (Å²) in [6.07, 6.45) is 2.36. The predicted molar refractivity (Wildman–Crippen MR) is 78.4 cm³/mol. The summed E-state index contributed by atoms with van der Waals surface area (Å²) in [5.74, 6) is 0.369. The second-order valence-corrected chi connectivity index (χ2v) is 8.12. The average Bonchev–Trinajstić information content (AvgIpc) is 3.01. The molecule has 2 fully saturated rings. The summed E-state index contributed by atoms with van der Waals surface area (Å²) in [7, 11) is -3.00. The molecule has 1 aromatic rings. The van der Waals surface area contributed by atoms with E-state index in [2.05, 4.69) is 10.3 Å². The van der Waals surface area contributed by atoms with E-state index in [4.69, 9.17) is 0 Å². The summed E-state index contributed by atoms with van der Waals surface area (Å²) in [6, 6.07) is 5.14. The van der Waals surface area contributed by atoms with Crippen LogP contribution in [0.15, 0.2) is 24.4 Å². The Morgan fingerprint density at radius 3 is 2.90 bits per heavy atom. The molecule has 1 N–H and O–H groups in total. The van der Waals surface area contributed by atoms with E-state index in [1.165, 1.54) is 0 Å². The number of amides is 2. The van der Waals surface area contributed by atoms with E-state index in [9.17, 15) is 13.2 Å². The molecule has 3 heterocycles. The van der Waals surface area contributed by atoms with Crippen molar-refractivity contribution in [2.24, 2.45) is 5.92 Å². The predicted octanol–water partition coefficient (Wildman–Crippen LogP) is 0.971. The molecule has 0 bridgehead atoms. The minimum Gasteiger partial charge on any atom is -0.330 e. The van der Waals surface area contributed by atoms with Gasteiger partial charge in [-0.15, -0.1) is 0 Å². The number of likely N-dealkylation sites (tertiary alicyclic amines) is 1. The Morgan fingerprint density at radius 2 is 2.24 bits per heavy atom. The van der Waals surface area contributed by atoms with E-state index < -0.39 is 9.84 Å². The first-order chi connectivity index (χ1) is 9.97. The van der Waals surface area contributed by atoms with Gasteiger partial charge in [0.15, 0.2) is 9.84 Å². The standard InChI is InChI=1S/C14H19N3O3S/c1-10(12-4-2-3-6-15-12)16-14(18)17-8-11-5-7-21(19,20)13(11)9-17/h2-4,6,10-11,13H,5,7-9H2,1H3,(H,16,18)/t10-,11-,13+/m0/s1. The van der Waals surface area contributed by atoms with Gasteiger partial charge in [0.1, 0.15) is 0 Å². The molecule has 0 aromatic carbocycles. The van der Waals surface area contributed by atoms with Crippen LogP contribution in [0.2, 0.25) is 0 Å². The lowest BCUT2D eigenvalue weighted by molar-refractivity contribution is 0.203. The van der Waals surface area contributed by atoms with Gasteiger partial charge in [-0.3, -0.25) is 4.98 Å². The Labute approximate surface area is 124 Å². The van der Waals surface area contributed by atoms with Gasteiger partial charge < -0.3 is 10.2 Å². The van der Waals surface area contributed by atoms with Gasteiger partial charge in [-0.25, -0.2) is 13.2 Å². The Morgan fingerprint density at radius 1 is 1.43 bits per heavy atom. The fourth-order valence-corrected chi connectivity index (χ4v) is 5.29. The maximum absolute atomic E-state index is 12.3. The number of carbonyl (C=O) groups excluding carboxylic acids is 1. The van der Waals surface area contributed by atoms with E-state index in [0.717, 1.165) is 5.69 Å². The van der Waals surface area contributed by atoms with E-state index in [0.29, 0.717) is 19.5 Å². The van der Waals surface area contributed by atoms with Crippen LogP contribution in [0.4, 0.5) is 4.79 Å². The van der Waals surface area contributed by atoms with Crippen LogP contribution < -0.4 is 5.32 Å². The second kappa shape index (κ2) is 5.29. The average molecular weight is 309 g/mol. The van der Waals surface area contributed by atoms with E-state index >= 15 is 0 Å². The summed E-state index contributed by atoms with van der Waals surface area (Å²) >= 11 is 0. The maximum Gasteiger partial charge on any atom is 0.317 e. The van der Waals surface area contributed by atoms with Gasteiger partial charge in [-0.2, -0.15) is 0 Å². The number of carbonyl (C=O) groups is 1. The third-order valence-electron chi connectivity index (χ3n) is 4.37. The number of sulfone groups is 1. The summed E-state index contributed by atoms with van der Waals surface area (Å²) < 4.78 is 23.8. The van der Waals surface area contributed by atoms with Crippen molar-refractivity contribution < 1.29 is 13.2 Å². The normalized spacial score (nSPS) is 28.1. The third-order valence-corrected chi connectivity index (χ3v) is 6.64. The minimum atomic E-state index is -3.00. The lowest BCUT2D eigenvalue weighted by atomic mass is 10.1. The molecule has 2 aliphatic rings. The highest BCUT2D eigenvalue weighted by molar-refractivity contribution is 7.92. The molecule has 0 aliphatic carbocycles. The van der Waals surface area contributed by atoms with Gasteiger partial charge in [0.05, 0.1) is 22.7 Å². The molecule has 0 unspecified atom stereocenters. The topological polar surface area (TPSA) is 79.4 Å². The smallest absolute Gasteiger partial charge is 0.317 e. The van der Waals surface area contributed by atoms with Crippen molar-refractivity contribution in [3.63, 3.8) is 0 Å². The minimum absolute atomic E-state index is 0.103. The number of fused-ring (bicyclic) bond motifs is 1. The van der Waals surface area contributed by atoms with Crippen molar-refractivity contribution in [1.82, 2.24) is 15.2 Å². The lowest BCUT2D eigenvalue weighted by Gasteiger charge is -2.21. The molecular weight excluding hydrogens is 290 g/mol. The largest absolute Gasteiger partial charge is 0.330 e. The molecule has 7 heteroatoms. The second-order valence-electron chi connectivity index (χ2n) is 5.78. The number of aromatic nitrogens is 1. The van der Waals surface area contributed by atoms with Crippen molar-refractivity contribution in [3.05, 3.63) is 30.1 Å². The van der Waals surface area contributed by atoms with Crippen LogP contribution in [-0.2, 0) is 9.84 Å². The van der Waals surface area contributed by atoms with E-state index in [1.54, 1.807) is 11.1 Å². The first-order valence-electron chi connectivity index (χ1n) is 7.15. The number of hydrogen-bond acceptors (Lipinski definition) is 4. The van der Waals surface area contributed by atoms with Crippen molar-refractivity contribution in [3.8, 4) is 0 Å². The van der Waals surface area contributed by atoms with Crippen molar-refractivity contribution in [1.29, 1.82) is 0 Å². The molecule has 0 radical (unpaired) electrons. The Hall–Kier alpha value is -1.63. The maximum atomic E-state index is 12.3. The Bertz CT molecular complexity index is 632. The molecule has 3 rings (SSSR count). The zero-order valence-electron chi connectivity index (χ0n) is 11.9. The number of nitrogens with one attached hydrogen (secondary N) is 1. The lowest BCUT2D eigenvalue weighted by Crippen LogP contribution is -2.41. The van der Waals surface area contributed by atoms with Crippen LogP contribution in [-0.4, -0.2) is 48.4 Å². The van der Waals surface area contributed by atoms with E-state index in [-0.39, 0.29) is 29.0 Å². The van der Waals surface area contributed by atoms with Crippen LogP contribution in [0.5, 0.6) is 0 Å². The summed E-state index contributed by atoms with van der Waals surface area (Å²) in [5, 5.41) is 2.52. The molecule has 0 saturated carbocycles. The number of pyridine rings is 1. The third kappa shape index (κ3) is 2.74. The van der Waals surface area contributed by atoms with Crippen molar-refractivity contribution in [2.45, 2.75) is 24.6 Å². The zero-order valence-corrected chi connectivity index (χ0v) is 12.7. The van der Waals surface area contributed by atoms with Crippen LogP contribution in [0.1, 0.15) is 25.1 Å². The van der Waals surface area contributed by atoms with Gasteiger partial charge in [0.25, 0.3) is 0 Å². The molecule has 2 amide bonds. The quantitative estimate of drug-likeness (QED) is 0.883. The first-order valence-corrected chi connectivity index (χ1v) is 8.87. The highest BCUT2D eigenvalue weighted by Crippen LogP contribution is 2.33. The zero-order chi connectivity index (χ0) is 15.0. The van der Waals surface area contributed by atoms with Crippen LogP contribution >= 0.6 is 0 Å². The highest BCUT2D eigenvalue weighted by Gasteiger charge is 2.47. The van der Waals surface area contributed by atoms with Crippen LogP contribution in [0.25, 0.3) is 0 Å². The van der Waals surface area contributed by atoms with Crippen molar-refractivity contribution >= 4 is 15.9 Å². The fraction of sp³-hybridized carbons (Fsp3) is 0.571. The van der Waals surface area contributed by atoms with Gasteiger partial charge >= 0.3 is 6.03 Å². The molecule has 2 aliphatic heterocycles. The number of hydrogen-bond donors (Lipinski definition) is 1. The molecule has 114 valence electrons. The molecule has 21 heavy (non-hydrogen) atoms. The number of urea groups is 1. The molecule has 0 spiro atoms. The van der Waals surface area contributed by atoms with Gasteiger partial charge in [0.2, 0.25) is 0 Å². The number of rotatable bonds is 2. The SMILES string of the molecule is C[C@H](NC(=O)N1C[C@@H]2CCS(=O)(=O)[C@@H]2C1)c1ccccn1. The summed E-state index contributed by atoms with van der Waals surface area (Å²) in [4.78, 5) is 18.1. The van der Waals surface area contributed by atoms with Crippen molar-refractivity contribution in [2.75, 3.05) is 18.8 Å². The van der Waals surface area contributed by atoms with E-state index in [1.807, 2.05) is 25.1 Å². The molecule has 3 atom stereocenters. The first kappa shape index (κ1) is 14.3. The summed E-state index contributed by atoms with van der Waals surface area (Å²) in [6.45, 7) is 2.71. The van der Waals surface area contributed by atoms with Gasteiger partial charge in [-0.1, -0.05) is 6.07 Å². The Balaban J connectivity index is 1.63. The molecular formula is C14H19N3O3S. The Kier molecular flexibility index (Phi) is 3.61. The number of nitrogens with zero attached hydrogens (tertiary/aromatic N) is 2. The highest BCUT2D eigenvalue weighted by atomic mass is 32.2. The summed E-state index contributed by atoms with van der Waals surface area (Å²) in [5.41, 5.74) is 0.790.